The van der Waals surface area contributed by atoms with Crippen LogP contribution in [0.4, 0.5) is 0 Å². The zero-order valence-corrected chi connectivity index (χ0v) is 16.7. The van der Waals surface area contributed by atoms with Crippen LogP contribution >= 0.6 is 0 Å². The number of aromatic nitrogens is 3. The van der Waals surface area contributed by atoms with Crippen molar-refractivity contribution in [3.8, 4) is 28.1 Å². The lowest BCUT2D eigenvalue weighted by molar-refractivity contribution is 0.225. The van der Waals surface area contributed by atoms with Crippen LogP contribution in [-0.2, 0) is 14.1 Å². The molecule has 4 aromatic rings. The van der Waals surface area contributed by atoms with Gasteiger partial charge in [0.05, 0.1) is 18.2 Å². The number of methoxy groups -OCH3 is 1. The molecule has 1 aliphatic carbocycles. The van der Waals surface area contributed by atoms with Gasteiger partial charge in [0.15, 0.2) is 5.65 Å². The number of pyridine rings is 1. The molecule has 1 aliphatic rings. The summed E-state index contributed by atoms with van der Waals surface area (Å²) in [5.41, 5.74) is 3.39. The van der Waals surface area contributed by atoms with Crippen LogP contribution in [0.25, 0.3) is 33.4 Å². The first-order valence-corrected chi connectivity index (χ1v) is 9.49. The second kappa shape index (κ2) is 6.40. The van der Waals surface area contributed by atoms with Gasteiger partial charge in [0.25, 0.3) is 5.56 Å². The van der Waals surface area contributed by atoms with Crippen LogP contribution in [0.3, 0.4) is 0 Å². The van der Waals surface area contributed by atoms with Crippen LogP contribution in [0.1, 0.15) is 17.2 Å². The molecule has 0 radical (unpaired) electrons. The summed E-state index contributed by atoms with van der Waals surface area (Å²) in [4.78, 5) is 30.5. The largest absolute Gasteiger partial charge is 0.497 e. The third-order valence-electron chi connectivity index (χ3n) is 5.79. The van der Waals surface area contributed by atoms with E-state index in [9.17, 15) is 14.7 Å². The van der Waals surface area contributed by atoms with E-state index >= 15 is 0 Å². The second-order valence-electron chi connectivity index (χ2n) is 7.37. The molecule has 0 unspecified atom stereocenters. The predicted octanol–water partition coefficient (Wildman–Crippen LogP) is 2.37. The van der Waals surface area contributed by atoms with E-state index in [0.29, 0.717) is 28.0 Å². The lowest BCUT2D eigenvalue weighted by Crippen LogP contribution is -2.37. The van der Waals surface area contributed by atoms with Gasteiger partial charge in [-0.25, -0.2) is 9.78 Å². The Morgan fingerprint density at radius 3 is 2.40 bits per heavy atom. The first-order chi connectivity index (χ1) is 14.4. The van der Waals surface area contributed by atoms with E-state index in [4.69, 9.17) is 9.72 Å². The summed E-state index contributed by atoms with van der Waals surface area (Å²) in [7, 11) is 4.62. The van der Waals surface area contributed by atoms with Crippen molar-refractivity contribution >= 4 is 11.0 Å². The molecule has 2 heterocycles. The number of rotatable bonds is 2. The Morgan fingerprint density at radius 1 is 1.00 bits per heavy atom. The molecule has 0 saturated heterocycles. The minimum atomic E-state index is -0.924. The molecule has 0 saturated carbocycles. The Morgan fingerprint density at radius 2 is 1.70 bits per heavy atom. The maximum absolute atomic E-state index is 13.2. The topological polar surface area (TPSA) is 86.4 Å². The molecule has 7 heteroatoms. The Bertz CT molecular complexity index is 1450. The van der Waals surface area contributed by atoms with Gasteiger partial charge in [-0.05, 0) is 23.3 Å². The minimum absolute atomic E-state index is 0.288. The van der Waals surface area contributed by atoms with Crippen LogP contribution in [0.2, 0.25) is 0 Å². The number of aliphatic hydroxyl groups excluding tert-OH is 1. The van der Waals surface area contributed by atoms with Gasteiger partial charge in [-0.2, -0.15) is 0 Å². The van der Waals surface area contributed by atoms with E-state index in [1.807, 2.05) is 36.4 Å². The fourth-order valence-electron chi connectivity index (χ4n) is 4.24. The average Bonchev–Trinajstić information content (AvgIpc) is 3.07. The molecule has 2 aromatic carbocycles. The highest BCUT2D eigenvalue weighted by molar-refractivity contribution is 5.99. The van der Waals surface area contributed by atoms with Crippen LogP contribution in [0.15, 0.2) is 58.1 Å². The fourth-order valence-corrected chi connectivity index (χ4v) is 4.24. The smallest absolute Gasteiger partial charge is 0.332 e. The molecular weight excluding hydrogens is 382 g/mol. The first kappa shape index (κ1) is 18.3. The molecule has 5 rings (SSSR count). The highest BCUT2D eigenvalue weighted by atomic mass is 16.5. The zero-order chi connectivity index (χ0) is 21.2. The van der Waals surface area contributed by atoms with E-state index < -0.39 is 17.4 Å². The molecule has 7 nitrogen and oxygen atoms in total. The molecule has 0 amide bonds. The van der Waals surface area contributed by atoms with Crippen LogP contribution in [-0.4, -0.2) is 26.3 Å². The monoisotopic (exact) mass is 401 g/mol. The number of ether oxygens (including phenoxy) is 1. The molecule has 0 fully saturated rings. The van der Waals surface area contributed by atoms with Gasteiger partial charge in [0.1, 0.15) is 11.9 Å². The van der Waals surface area contributed by atoms with Gasteiger partial charge in [0.2, 0.25) is 0 Å². The van der Waals surface area contributed by atoms with Crippen molar-refractivity contribution < 1.29 is 9.84 Å². The van der Waals surface area contributed by atoms with Gasteiger partial charge >= 0.3 is 5.69 Å². The average molecular weight is 401 g/mol. The number of benzene rings is 2. The maximum atomic E-state index is 13.2. The summed E-state index contributed by atoms with van der Waals surface area (Å²) in [6, 6.07) is 14.8. The van der Waals surface area contributed by atoms with Crippen molar-refractivity contribution in [2.24, 2.45) is 14.1 Å². The van der Waals surface area contributed by atoms with Crippen LogP contribution < -0.4 is 16.0 Å². The molecule has 1 N–H and O–H groups in total. The van der Waals surface area contributed by atoms with E-state index in [1.54, 1.807) is 26.3 Å². The van der Waals surface area contributed by atoms with Crippen LogP contribution in [0.5, 0.6) is 5.75 Å². The molecule has 150 valence electrons. The van der Waals surface area contributed by atoms with E-state index in [1.165, 1.54) is 11.6 Å². The highest BCUT2D eigenvalue weighted by Gasteiger charge is 2.34. The van der Waals surface area contributed by atoms with E-state index in [-0.39, 0.29) is 5.65 Å². The molecule has 0 aliphatic heterocycles. The Hall–Kier alpha value is -3.71. The van der Waals surface area contributed by atoms with E-state index in [0.717, 1.165) is 21.3 Å². The summed E-state index contributed by atoms with van der Waals surface area (Å²) in [5, 5.41) is 11.5. The number of fused-ring (bicyclic) bond motifs is 4. The number of aliphatic hydroxyl groups is 1. The van der Waals surface area contributed by atoms with Gasteiger partial charge < -0.3 is 9.84 Å². The van der Waals surface area contributed by atoms with Crippen molar-refractivity contribution in [1.82, 2.24) is 14.1 Å². The fraction of sp³-hybridized carbons (Fsp3) is 0.174. The third kappa shape index (κ3) is 2.32. The summed E-state index contributed by atoms with van der Waals surface area (Å²) in [5.74, 6) is 0.679. The number of aryl methyl sites for hydroxylation is 1. The Labute approximate surface area is 171 Å². The number of hydrogen-bond donors (Lipinski definition) is 1. The first-order valence-electron chi connectivity index (χ1n) is 9.49. The standard InChI is InChI=1S/C23H19N3O4/c1-25-21-18(22(28)26(2)23(25)29)16(12-8-10-13(30-3)11-9-12)17-19(24-21)14-6-4-5-7-15(14)20(17)27/h4-11,20,27H,1-3H3/t20-/m1/s1. The Balaban J connectivity index is 2.01. The summed E-state index contributed by atoms with van der Waals surface area (Å²) in [6.07, 6.45) is -0.924. The number of nitrogens with zero attached hydrogens (tertiary/aromatic N) is 3. The predicted molar refractivity (Wildman–Crippen MR) is 114 cm³/mol. The van der Waals surface area contributed by atoms with Gasteiger partial charge in [0, 0.05) is 30.8 Å². The zero-order valence-electron chi connectivity index (χ0n) is 16.7. The van der Waals surface area contributed by atoms with Crippen molar-refractivity contribution in [3.05, 3.63) is 80.5 Å². The highest BCUT2D eigenvalue weighted by Crippen LogP contribution is 2.48. The Kier molecular flexibility index (Phi) is 3.91. The molecule has 1 atom stereocenters. The van der Waals surface area contributed by atoms with Crippen LogP contribution in [0, 0.1) is 0 Å². The SMILES string of the molecule is COc1ccc(-c2c3c(nc4c2c(=O)n(C)c(=O)n4C)-c2ccccc2[C@H]3O)cc1. The third-order valence-corrected chi connectivity index (χ3v) is 5.79. The van der Waals surface area contributed by atoms with E-state index in [2.05, 4.69) is 0 Å². The maximum Gasteiger partial charge on any atom is 0.332 e. The lowest BCUT2D eigenvalue weighted by atomic mass is 9.94. The van der Waals surface area contributed by atoms with Crippen molar-refractivity contribution in [2.75, 3.05) is 7.11 Å². The molecular formula is C23H19N3O4. The normalized spacial score (nSPS) is 14.6. The molecule has 30 heavy (non-hydrogen) atoms. The van der Waals surface area contributed by atoms with Gasteiger partial charge in [-0.1, -0.05) is 36.4 Å². The van der Waals surface area contributed by atoms with Gasteiger partial charge in [-0.3, -0.25) is 13.9 Å². The quantitative estimate of drug-likeness (QED) is 0.557. The lowest BCUT2D eigenvalue weighted by Gasteiger charge is -2.17. The van der Waals surface area contributed by atoms with Crippen molar-refractivity contribution in [3.63, 3.8) is 0 Å². The summed E-state index contributed by atoms with van der Waals surface area (Å²) >= 11 is 0. The second-order valence-corrected chi connectivity index (χ2v) is 7.37. The minimum Gasteiger partial charge on any atom is -0.497 e. The molecule has 0 bridgehead atoms. The van der Waals surface area contributed by atoms with Crippen molar-refractivity contribution in [1.29, 1.82) is 0 Å². The molecule has 2 aromatic heterocycles. The molecule has 0 spiro atoms. The summed E-state index contributed by atoms with van der Waals surface area (Å²) < 4.78 is 7.70. The number of hydrogen-bond acceptors (Lipinski definition) is 5. The van der Waals surface area contributed by atoms with Crippen molar-refractivity contribution in [2.45, 2.75) is 6.10 Å². The van der Waals surface area contributed by atoms with Gasteiger partial charge in [-0.15, -0.1) is 0 Å². The summed E-state index contributed by atoms with van der Waals surface area (Å²) in [6.45, 7) is 0.